The standard InChI is InChI=1S/C26H40N2OSi.C12H28N2OSi.2H2O.Pd.H2/c1-26(2,3)30(4,5)29-22-25-20-27(18-23-12-8-6-9-13-23)16-17-28(21-25)19-24-14-10-7-11-15-24;1-12(2,3)16(4,5)15-10-11-8-13-6-7-14-9-11;;;;/h6-15,25H,16-22H2,1-5H3;11,13-14H,6-10H2,1-5H3;2*1H2;;1H. The van der Waals surface area contributed by atoms with Crippen LogP contribution < -0.4 is 10.6 Å². The first kappa shape index (κ1) is 48.2. The molecule has 2 aromatic carbocycles. The molecule has 2 aromatic rings. The maximum absolute atomic E-state index is 6.67. The van der Waals surface area contributed by atoms with Crippen molar-refractivity contribution in [1.29, 1.82) is 0 Å². The zero-order valence-corrected chi connectivity index (χ0v) is 36.0. The molecule has 0 aliphatic carbocycles. The largest absolute Gasteiger partial charge is 0.416 e. The summed E-state index contributed by atoms with van der Waals surface area (Å²) in [6, 6.07) is 21.8. The summed E-state index contributed by atoms with van der Waals surface area (Å²) in [7, 11) is -3.30. The SMILES string of the molecule is CC(C)(C)[Si](C)(C)OCC1CN(Cc2ccccc2)CCN(Cc2ccccc2)C1.CC(C)(C)[Si](C)(C)OCC1CNCCNC1.O.O.[HH].[Pd]. The van der Waals surface area contributed by atoms with Crippen LogP contribution >= 0.6 is 0 Å². The Hall–Kier alpha value is -0.784. The molecule has 0 radical (unpaired) electrons. The molecule has 6 N–H and O–H groups in total. The van der Waals surface area contributed by atoms with Crippen LogP contribution in [-0.2, 0) is 42.4 Å². The average Bonchev–Trinajstić information content (AvgIpc) is 3.36. The number of nitrogens with zero attached hydrogens (tertiary/aromatic N) is 2. The van der Waals surface area contributed by atoms with Crippen molar-refractivity contribution in [2.24, 2.45) is 11.8 Å². The Morgan fingerprint density at radius 2 is 0.980 bits per heavy atom. The summed E-state index contributed by atoms with van der Waals surface area (Å²) in [6.45, 7) is 35.8. The van der Waals surface area contributed by atoms with E-state index in [4.69, 9.17) is 8.85 Å². The Kier molecular flexibility index (Phi) is 22.0. The molecule has 4 rings (SSSR count). The molecule has 2 aliphatic heterocycles. The molecule has 0 amide bonds. The fraction of sp³-hybridized carbons (Fsp3) is 0.684. The van der Waals surface area contributed by atoms with Gasteiger partial charge in [-0.3, -0.25) is 9.80 Å². The van der Waals surface area contributed by atoms with Crippen molar-refractivity contribution in [1.82, 2.24) is 20.4 Å². The normalized spacial score (nSPS) is 17.7. The summed E-state index contributed by atoms with van der Waals surface area (Å²) in [6.07, 6.45) is 0. The van der Waals surface area contributed by atoms with Crippen molar-refractivity contribution in [3.05, 3.63) is 71.8 Å². The maximum Gasteiger partial charge on any atom is 0.191 e. The minimum absolute atomic E-state index is 0. The van der Waals surface area contributed by atoms with Gasteiger partial charge in [-0.2, -0.15) is 0 Å². The fourth-order valence-electron chi connectivity index (χ4n) is 5.39. The Morgan fingerprint density at radius 3 is 1.33 bits per heavy atom. The van der Waals surface area contributed by atoms with E-state index in [1.54, 1.807) is 0 Å². The van der Waals surface area contributed by atoms with E-state index in [-0.39, 0.29) is 37.8 Å². The van der Waals surface area contributed by atoms with Gasteiger partial charge in [0.05, 0.1) is 0 Å². The molecule has 0 saturated carbocycles. The molecule has 8 nitrogen and oxygen atoms in total. The minimum atomic E-state index is -1.73. The smallest absolute Gasteiger partial charge is 0.191 e. The van der Waals surface area contributed by atoms with E-state index in [0.717, 1.165) is 78.7 Å². The van der Waals surface area contributed by atoms with E-state index in [0.29, 0.717) is 16.9 Å². The second-order valence-corrected chi connectivity index (χ2v) is 26.3. The molecule has 49 heavy (non-hydrogen) atoms. The zero-order valence-electron chi connectivity index (χ0n) is 32.4. The van der Waals surface area contributed by atoms with Crippen LogP contribution in [0.25, 0.3) is 0 Å². The molecular weight excluding hydrogens is 739 g/mol. The topological polar surface area (TPSA) is 112 Å². The van der Waals surface area contributed by atoms with Crippen molar-refractivity contribution in [3.8, 4) is 0 Å². The van der Waals surface area contributed by atoms with Gasteiger partial charge in [0, 0.05) is 112 Å². The molecular formula is C38H74N4O4PdSi2. The molecule has 0 aromatic heterocycles. The quantitative estimate of drug-likeness (QED) is 0.283. The summed E-state index contributed by atoms with van der Waals surface area (Å²) in [5.41, 5.74) is 2.80. The van der Waals surface area contributed by atoms with Crippen molar-refractivity contribution in [2.75, 3.05) is 65.6 Å². The van der Waals surface area contributed by atoms with E-state index in [1.165, 1.54) is 11.1 Å². The molecule has 11 heteroatoms. The van der Waals surface area contributed by atoms with Crippen LogP contribution in [0.4, 0.5) is 0 Å². The van der Waals surface area contributed by atoms with Crippen LogP contribution in [0.15, 0.2) is 60.7 Å². The molecule has 0 unspecified atom stereocenters. The number of nitrogens with one attached hydrogen (secondary N) is 2. The van der Waals surface area contributed by atoms with Crippen LogP contribution in [0.3, 0.4) is 0 Å². The molecule has 0 atom stereocenters. The molecule has 2 saturated heterocycles. The van der Waals surface area contributed by atoms with Gasteiger partial charge in [-0.1, -0.05) is 102 Å². The predicted molar refractivity (Wildman–Crippen MR) is 212 cm³/mol. The van der Waals surface area contributed by atoms with Gasteiger partial charge < -0.3 is 30.4 Å². The maximum atomic E-state index is 6.67. The van der Waals surface area contributed by atoms with Crippen molar-refractivity contribution >= 4 is 16.6 Å². The number of rotatable bonds is 10. The van der Waals surface area contributed by atoms with Crippen molar-refractivity contribution in [3.63, 3.8) is 0 Å². The first-order chi connectivity index (χ1) is 21.6. The first-order valence-corrected chi connectivity index (χ1v) is 23.6. The van der Waals surface area contributed by atoms with Gasteiger partial charge in [0.1, 0.15) is 0 Å². The Bertz CT molecular complexity index is 1080. The summed E-state index contributed by atoms with van der Waals surface area (Å²) in [4.78, 5) is 5.25. The van der Waals surface area contributed by atoms with Crippen LogP contribution in [0.5, 0.6) is 0 Å². The van der Waals surface area contributed by atoms with Crippen LogP contribution in [0.1, 0.15) is 54.1 Å². The van der Waals surface area contributed by atoms with Crippen LogP contribution in [-0.4, -0.2) is 103 Å². The molecule has 2 aliphatic rings. The van der Waals surface area contributed by atoms with Crippen LogP contribution in [0, 0.1) is 11.8 Å². The summed E-state index contributed by atoms with van der Waals surface area (Å²) in [5.74, 6) is 1.16. The van der Waals surface area contributed by atoms with Gasteiger partial charge in [0.15, 0.2) is 16.6 Å². The number of hydrogen-bond donors (Lipinski definition) is 2. The van der Waals surface area contributed by atoms with E-state index in [1.807, 2.05) is 0 Å². The summed E-state index contributed by atoms with van der Waals surface area (Å²) in [5, 5.41) is 7.46. The molecule has 0 bridgehead atoms. The molecule has 2 heterocycles. The Morgan fingerprint density at radius 1 is 0.633 bits per heavy atom. The third-order valence-corrected chi connectivity index (χ3v) is 19.6. The molecule has 2 fully saturated rings. The zero-order chi connectivity index (χ0) is 33.8. The third kappa shape index (κ3) is 17.1. The monoisotopic (exact) mass is 812 g/mol. The third-order valence-electron chi connectivity index (χ3n) is 10.6. The van der Waals surface area contributed by atoms with E-state index >= 15 is 0 Å². The van der Waals surface area contributed by atoms with Gasteiger partial charge >= 0.3 is 0 Å². The Balaban J connectivity index is 0. The van der Waals surface area contributed by atoms with Crippen LogP contribution in [0.2, 0.25) is 36.3 Å². The van der Waals surface area contributed by atoms with Gasteiger partial charge in [-0.05, 0) is 47.4 Å². The van der Waals surface area contributed by atoms with E-state index in [9.17, 15) is 0 Å². The number of hydrogen-bond acceptors (Lipinski definition) is 6. The van der Waals surface area contributed by atoms with Gasteiger partial charge in [-0.25, -0.2) is 0 Å². The van der Waals surface area contributed by atoms with E-state index in [2.05, 4.69) is 149 Å². The number of benzene rings is 2. The second kappa shape index (κ2) is 22.3. The van der Waals surface area contributed by atoms with E-state index < -0.39 is 16.6 Å². The second-order valence-electron chi connectivity index (χ2n) is 16.7. The summed E-state index contributed by atoms with van der Waals surface area (Å²) < 4.78 is 12.9. The van der Waals surface area contributed by atoms with Gasteiger partial charge in [0.25, 0.3) is 0 Å². The van der Waals surface area contributed by atoms with Gasteiger partial charge in [0.2, 0.25) is 0 Å². The first-order valence-electron chi connectivity index (χ1n) is 17.8. The van der Waals surface area contributed by atoms with Crippen molar-refractivity contribution in [2.45, 2.75) is 90.9 Å². The minimum Gasteiger partial charge on any atom is -0.416 e. The fourth-order valence-corrected chi connectivity index (χ4v) is 7.56. The summed E-state index contributed by atoms with van der Waals surface area (Å²) >= 11 is 0. The Labute approximate surface area is 317 Å². The molecule has 0 spiro atoms. The molecule has 288 valence electrons. The average molecular weight is 814 g/mol. The van der Waals surface area contributed by atoms with Gasteiger partial charge in [-0.15, -0.1) is 0 Å². The predicted octanol–water partition coefficient (Wildman–Crippen LogP) is 6.05. The van der Waals surface area contributed by atoms with Crippen molar-refractivity contribution < 1.29 is 41.7 Å².